The molecule has 3 nitrogen and oxygen atoms in total. The average Bonchev–Trinajstić information content (AvgIpc) is 2.80. The number of hydrogen-bond donors (Lipinski definition) is 1. The number of nitrogens with zero attached hydrogens (tertiary/aromatic N) is 1. The number of carbonyl (C=O) groups excluding carboxylic acids is 1. The first kappa shape index (κ1) is 14.6. The Kier molecular flexibility index (Phi) is 5.08. The van der Waals surface area contributed by atoms with Gasteiger partial charge in [0.1, 0.15) is 0 Å². The van der Waals surface area contributed by atoms with Gasteiger partial charge in [-0.25, -0.2) is 0 Å². The molecule has 0 bridgehead atoms. The molecule has 0 aliphatic carbocycles. The highest BCUT2D eigenvalue weighted by Gasteiger charge is 2.19. The number of carbonyl (C=O) groups is 1. The molecule has 0 saturated carbocycles. The molecular formula is C14H18Cl2N2O. The van der Waals surface area contributed by atoms with Crippen molar-refractivity contribution in [2.24, 2.45) is 0 Å². The van der Waals surface area contributed by atoms with E-state index in [0.29, 0.717) is 29.1 Å². The monoisotopic (exact) mass is 300 g/mol. The maximum Gasteiger partial charge on any atom is 0.224 e. The Morgan fingerprint density at radius 3 is 2.63 bits per heavy atom. The van der Waals surface area contributed by atoms with Crippen molar-refractivity contribution in [1.29, 1.82) is 0 Å². The molecule has 1 aromatic rings. The Balaban J connectivity index is 1.91. The van der Waals surface area contributed by atoms with Crippen LogP contribution in [0.5, 0.6) is 0 Å². The van der Waals surface area contributed by atoms with Crippen LogP contribution < -0.4 is 5.32 Å². The summed E-state index contributed by atoms with van der Waals surface area (Å²) in [6.45, 7) is 1.55. The maximum atomic E-state index is 12.1. The fourth-order valence-corrected chi connectivity index (χ4v) is 2.93. The number of halogens is 2. The minimum Gasteiger partial charge on any atom is -0.341 e. The number of hydrogen-bond acceptors (Lipinski definition) is 2. The zero-order valence-corrected chi connectivity index (χ0v) is 12.5. The van der Waals surface area contributed by atoms with Crippen molar-refractivity contribution in [3.63, 3.8) is 0 Å². The van der Waals surface area contributed by atoms with Gasteiger partial charge in [-0.05, 0) is 43.1 Å². The van der Waals surface area contributed by atoms with Crippen LogP contribution in [0, 0.1) is 0 Å². The molecule has 1 fully saturated rings. The molecule has 0 spiro atoms. The SMILES string of the molecule is CN(Cc1cc(Cl)cc(Cl)c1)C(=O)CC1CCCN1. The molecular weight excluding hydrogens is 283 g/mol. The molecule has 1 amide bonds. The molecule has 1 heterocycles. The summed E-state index contributed by atoms with van der Waals surface area (Å²) < 4.78 is 0. The third-order valence-electron chi connectivity index (χ3n) is 3.35. The van der Waals surface area contributed by atoms with Gasteiger partial charge in [0.2, 0.25) is 5.91 Å². The van der Waals surface area contributed by atoms with Crippen molar-refractivity contribution in [3.8, 4) is 0 Å². The second kappa shape index (κ2) is 6.60. The Morgan fingerprint density at radius 2 is 2.05 bits per heavy atom. The lowest BCUT2D eigenvalue weighted by Gasteiger charge is -2.20. The van der Waals surface area contributed by atoms with E-state index in [9.17, 15) is 4.79 Å². The van der Waals surface area contributed by atoms with Crippen LogP contribution in [0.15, 0.2) is 18.2 Å². The summed E-state index contributed by atoms with van der Waals surface area (Å²) in [4.78, 5) is 13.8. The smallest absolute Gasteiger partial charge is 0.224 e. The predicted molar refractivity (Wildman–Crippen MR) is 78.6 cm³/mol. The van der Waals surface area contributed by atoms with E-state index in [2.05, 4.69) is 5.32 Å². The first-order valence-corrected chi connectivity index (χ1v) is 7.22. The quantitative estimate of drug-likeness (QED) is 0.927. The van der Waals surface area contributed by atoms with Crippen molar-refractivity contribution in [3.05, 3.63) is 33.8 Å². The molecule has 0 radical (unpaired) electrons. The van der Waals surface area contributed by atoms with Gasteiger partial charge in [-0.15, -0.1) is 0 Å². The van der Waals surface area contributed by atoms with Gasteiger partial charge in [0.25, 0.3) is 0 Å². The predicted octanol–water partition coefficient (Wildman–Crippen LogP) is 3.09. The normalized spacial score (nSPS) is 18.6. The van der Waals surface area contributed by atoms with Crippen molar-refractivity contribution in [2.75, 3.05) is 13.6 Å². The molecule has 5 heteroatoms. The molecule has 1 aromatic carbocycles. The molecule has 104 valence electrons. The molecule has 19 heavy (non-hydrogen) atoms. The third kappa shape index (κ3) is 4.37. The fraction of sp³-hybridized carbons (Fsp3) is 0.500. The van der Waals surface area contributed by atoms with Gasteiger partial charge < -0.3 is 10.2 Å². The van der Waals surface area contributed by atoms with E-state index in [1.165, 1.54) is 0 Å². The van der Waals surface area contributed by atoms with Crippen LogP contribution in [-0.2, 0) is 11.3 Å². The lowest BCUT2D eigenvalue weighted by atomic mass is 10.1. The Morgan fingerprint density at radius 1 is 1.37 bits per heavy atom. The first-order valence-electron chi connectivity index (χ1n) is 6.47. The number of nitrogens with one attached hydrogen (secondary N) is 1. The van der Waals surface area contributed by atoms with Crippen LogP contribution in [0.1, 0.15) is 24.8 Å². The minimum atomic E-state index is 0.149. The number of benzene rings is 1. The molecule has 1 atom stereocenters. The summed E-state index contributed by atoms with van der Waals surface area (Å²) in [5.41, 5.74) is 0.952. The van der Waals surface area contributed by atoms with Gasteiger partial charge in [0.05, 0.1) is 0 Å². The molecule has 1 aliphatic rings. The zero-order chi connectivity index (χ0) is 13.8. The van der Waals surface area contributed by atoms with Gasteiger partial charge in [-0.1, -0.05) is 23.2 Å². The van der Waals surface area contributed by atoms with E-state index in [1.807, 2.05) is 19.2 Å². The van der Waals surface area contributed by atoms with Gasteiger partial charge in [-0.2, -0.15) is 0 Å². The average molecular weight is 301 g/mol. The maximum absolute atomic E-state index is 12.1. The van der Waals surface area contributed by atoms with Gasteiger partial charge in [0.15, 0.2) is 0 Å². The number of rotatable bonds is 4. The molecule has 1 aliphatic heterocycles. The van der Waals surface area contributed by atoms with E-state index in [1.54, 1.807) is 11.0 Å². The van der Waals surface area contributed by atoms with E-state index < -0.39 is 0 Å². The van der Waals surface area contributed by atoms with Crippen LogP contribution >= 0.6 is 23.2 Å². The van der Waals surface area contributed by atoms with Crippen LogP contribution in [-0.4, -0.2) is 30.4 Å². The van der Waals surface area contributed by atoms with Crippen molar-refractivity contribution >= 4 is 29.1 Å². The second-order valence-corrected chi connectivity index (χ2v) is 5.90. The summed E-state index contributed by atoms with van der Waals surface area (Å²) in [5, 5.41) is 4.53. The lowest BCUT2D eigenvalue weighted by Crippen LogP contribution is -2.33. The summed E-state index contributed by atoms with van der Waals surface area (Å²) in [6.07, 6.45) is 2.80. The van der Waals surface area contributed by atoms with Crippen LogP contribution in [0.4, 0.5) is 0 Å². The molecule has 0 aromatic heterocycles. The number of amides is 1. The third-order valence-corrected chi connectivity index (χ3v) is 3.79. The Bertz CT molecular complexity index is 439. The highest BCUT2D eigenvalue weighted by atomic mass is 35.5. The van der Waals surface area contributed by atoms with Gasteiger partial charge in [0, 0.05) is 36.1 Å². The van der Waals surface area contributed by atoms with E-state index in [-0.39, 0.29) is 5.91 Å². The Labute approximate surface area is 123 Å². The van der Waals surface area contributed by atoms with Crippen LogP contribution in [0.3, 0.4) is 0 Å². The van der Waals surface area contributed by atoms with Crippen molar-refractivity contribution in [1.82, 2.24) is 10.2 Å². The highest BCUT2D eigenvalue weighted by molar-refractivity contribution is 6.34. The lowest BCUT2D eigenvalue weighted by molar-refractivity contribution is -0.130. The van der Waals surface area contributed by atoms with Crippen LogP contribution in [0.25, 0.3) is 0 Å². The van der Waals surface area contributed by atoms with Crippen molar-refractivity contribution in [2.45, 2.75) is 31.8 Å². The fourth-order valence-electron chi connectivity index (χ4n) is 2.36. The Hall–Kier alpha value is -0.770. The first-order chi connectivity index (χ1) is 9.04. The molecule has 1 N–H and O–H groups in total. The van der Waals surface area contributed by atoms with E-state index >= 15 is 0 Å². The summed E-state index contributed by atoms with van der Waals surface area (Å²) in [5.74, 6) is 0.149. The van der Waals surface area contributed by atoms with Gasteiger partial charge >= 0.3 is 0 Å². The molecule has 1 saturated heterocycles. The van der Waals surface area contributed by atoms with E-state index in [0.717, 1.165) is 24.9 Å². The van der Waals surface area contributed by atoms with Crippen LogP contribution in [0.2, 0.25) is 10.0 Å². The molecule has 2 rings (SSSR count). The summed E-state index contributed by atoms with van der Waals surface area (Å²) in [6, 6.07) is 5.70. The summed E-state index contributed by atoms with van der Waals surface area (Å²) in [7, 11) is 1.81. The molecule has 1 unspecified atom stereocenters. The van der Waals surface area contributed by atoms with E-state index in [4.69, 9.17) is 23.2 Å². The summed E-state index contributed by atoms with van der Waals surface area (Å²) >= 11 is 11.9. The van der Waals surface area contributed by atoms with Crippen molar-refractivity contribution < 1.29 is 4.79 Å². The standard InChI is InChI=1S/C14H18Cl2N2O/c1-18(14(19)8-13-3-2-4-17-13)9-10-5-11(15)7-12(16)6-10/h5-7,13,17H,2-4,8-9H2,1H3. The minimum absolute atomic E-state index is 0.149. The zero-order valence-electron chi connectivity index (χ0n) is 11.0. The highest BCUT2D eigenvalue weighted by Crippen LogP contribution is 2.20. The largest absolute Gasteiger partial charge is 0.341 e. The van der Waals surface area contributed by atoms with Gasteiger partial charge in [-0.3, -0.25) is 4.79 Å². The topological polar surface area (TPSA) is 32.3 Å². The second-order valence-electron chi connectivity index (χ2n) is 5.02.